The van der Waals surface area contributed by atoms with E-state index in [-0.39, 0.29) is 0 Å². The number of rotatable bonds is 8. The van der Waals surface area contributed by atoms with Crippen LogP contribution >= 0.6 is 0 Å². The molecule has 0 nitrogen and oxygen atoms in total. The topological polar surface area (TPSA) is 0 Å². The van der Waals surface area contributed by atoms with E-state index in [0.29, 0.717) is 10.8 Å². The highest BCUT2D eigenvalue weighted by atomic mass is 14.6. The Morgan fingerprint density at radius 3 is 1.81 bits per heavy atom. The number of hydrogen-bond acceptors (Lipinski definition) is 0. The molecule has 0 N–H and O–H groups in total. The Balaban J connectivity index is 2.65. The van der Waals surface area contributed by atoms with Crippen molar-refractivity contribution in [3.05, 3.63) is 0 Å². The largest absolute Gasteiger partial charge is 0.0651 e. The van der Waals surface area contributed by atoms with Gasteiger partial charge < -0.3 is 0 Å². The van der Waals surface area contributed by atoms with Crippen molar-refractivity contribution in [1.29, 1.82) is 0 Å². The summed E-state index contributed by atoms with van der Waals surface area (Å²) in [5.74, 6) is 5.16. The molecule has 6 atom stereocenters. The summed E-state index contributed by atoms with van der Waals surface area (Å²) >= 11 is 0. The van der Waals surface area contributed by atoms with E-state index in [2.05, 4.69) is 69.2 Å². The van der Waals surface area contributed by atoms with Crippen LogP contribution in [-0.2, 0) is 0 Å². The molecule has 0 heteroatoms. The quantitative estimate of drug-likeness (QED) is 0.450. The van der Waals surface area contributed by atoms with Crippen LogP contribution < -0.4 is 0 Å². The second kappa shape index (κ2) is 6.63. The third kappa shape index (κ3) is 3.50. The van der Waals surface area contributed by atoms with Gasteiger partial charge in [-0.3, -0.25) is 0 Å². The summed E-state index contributed by atoms with van der Waals surface area (Å²) in [5.41, 5.74) is 1.11. The molecule has 0 radical (unpaired) electrons. The van der Waals surface area contributed by atoms with Gasteiger partial charge in [-0.25, -0.2) is 0 Å². The van der Waals surface area contributed by atoms with E-state index in [9.17, 15) is 0 Å². The molecule has 1 rings (SSSR count). The van der Waals surface area contributed by atoms with Gasteiger partial charge in [0.05, 0.1) is 0 Å². The zero-order valence-corrected chi connectivity index (χ0v) is 16.6. The summed E-state index contributed by atoms with van der Waals surface area (Å²) in [6.45, 7) is 24.6. The van der Waals surface area contributed by atoms with Gasteiger partial charge in [-0.15, -0.1) is 0 Å². The normalized spacial score (nSPS) is 36.1. The second-order valence-electron chi connectivity index (χ2n) is 9.36. The van der Waals surface area contributed by atoms with E-state index in [4.69, 9.17) is 0 Å². The molecule has 21 heavy (non-hydrogen) atoms. The van der Waals surface area contributed by atoms with Gasteiger partial charge >= 0.3 is 0 Å². The molecule has 1 fully saturated rings. The maximum Gasteiger partial charge on any atom is -0.0243 e. The van der Waals surface area contributed by atoms with Gasteiger partial charge in [0, 0.05) is 0 Å². The van der Waals surface area contributed by atoms with E-state index in [1.807, 2.05) is 0 Å². The molecule has 0 bridgehead atoms. The molecule has 0 saturated heterocycles. The standard InChI is InChI=1S/C21H42/c1-11-16(5)20(9,14(2)3)13-15(4)12-17(6)21(10)18(7)19(21)8/h14-19H,11-13H2,1-10H3. The first kappa shape index (κ1) is 19.0. The molecular weight excluding hydrogens is 252 g/mol. The van der Waals surface area contributed by atoms with Crippen LogP contribution in [0, 0.1) is 46.3 Å². The fourth-order valence-corrected chi connectivity index (χ4v) is 5.08. The first-order valence-electron chi connectivity index (χ1n) is 9.51. The summed E-state index contributed by atoms with van der Waals surface area (Å²) in [4.78, 5) is 0. The maximum absolute atomic E-state index is 2.54. The molecule has 126 valence electrons. The summed E-state index contributed by atoms with van der Waals surface area (Å²) in [6, 6.07) is 0. The molecule has 1 aliphatic rings. The van der Waals surface area contributed by atoms with Crippen molar-refractivity contribution < 1.29 is 0 Å². The van der Waals surface area contributed by atoms with Crippen LogP contribution in [0.3, 0.4) is 0 Å². The predicted molar refractivity (Wildman–Crippen MR) is 96.4 cm³/mol. The van der Waals surface area contributed by atoms with Crippen molar-refractivity contribution >= 4 is 0 Å². The Bertz CT molecular complexity index is 321. The third-order valence-corrected chi connectivity index (χ3v) is 8.27. The highest BCUT2D eigenvalue weighted by Crippen LogP contribution is 2.63. The van der Waals surface area contributed by atoms with Gasteiger partial charge in [0.15, 0.2) is 0 Å². The summed E-state index contributed by atoms with van der Waals surface area (Å²) in [6.07, 6.45) is 4.11. The molecule has 0 aromatic rings. The van der Waals surface area contributed by atoms with E-state index >= 15 is 0 Å². The van der Waals surface area contributed by atoms with Crippen LogP contribution in [0.4, 0.5) is 0 Å². The molecule has 0 amide bonds. The fraction of sp³-hybridized carbons (Fsp3) is 1.00. The van der Waals surface area contributed by atoms with Crippen LogP contribution in [0.15, 0.2) is 0 Å². The minimum atomic E-state index is 0.496. The van der Waals surface area contributed by atoms with Crippen LogP contribution in [0.2, 0.25) is 0 Å². The lowest BCUT2D eigenvalue weighted by atomic mass is 9.63. The predicted octanol–water partition coefficient (Wildman–Crippen LogP) is 7.04. The Hall–Kier alpha value is 0. The van der Waals surface area contributed by atoms with Gasteiger partial charge in [-0.1, -0.05) is 75.7 Å². The molecule has 1 saturated carbocycles. The first-order chi connectivity index (χ1) is 9.51. The monoisotopic (exact) mass is 294 g/mol. The molecular formula is C21H42. The van der Waals surface area contributed by atoms with E-state index in [1.54, 1.807) is 0 Å². The Morgan fingerprint density at radius 2 is 1.48 bits per heavy atom. The minimum Gasteiger partial charge on any atom is -0.0651 e. The summed E-state index contributed by atoms with van der Waals surface area (Å²) in [5, 5.41) is 0. The lowest BCUT2D eigenvalue weighted by Crippen LogP contribution is -2.33. The third-order valence-electron chi connectivity index (χ3n) is 8.27. The zero-order chi connectivity index (χ0) is 16.6. The lowest BCUT2D eigenvalue weighted by molar-refractivity contribution is 0.0774. The molecule has 0 aromatic carbocycles. The fourth-order valence-electron chi connectivity index (χ4n) is 5.08. The SMILES string of the molecule is CCC(C)C(C)(CC(C)CC(C)C1(C)C(C)C1C)C(C)C. The Morgan fingerprint density at radius 1 is 1.00 bits per heavy atom. The van der Waals surface area contributed by atoms with E-state index < -0.39 is 0 Å². The second-order valence-corrected chi connectivity index (χ2v) is 9.36. The Kier molecular flexibility index (Phi) is 6.01. The average Bonchev–Trinajstić information content (AvgIpc) is 2.89. The van der Waals surface area contributed by atoms with Crippen molar-refractivity contribution in [2.45, 2.75) is 88.5 Å². The maximum atomic E-state index is 2.54. The van der Waals surface area contributed by atoms with Gasteiger partial charge in [-0.2, -0.15) is 0 Å². The highest BCUT2D eigenvalue weighted by molar-refractivity contribution is 5.05. The smallest absolute Gasteiger partial charge is 0.0243 e. The van der Waals surface area contributed by atoms with Gasteiger partial charge in [-0.05, 0) is 59.2 Å². The Labute approximate surface area is 135 Å². The van der Waals surface area contributed by atoms with Crippen molar-refractivity contribution in [1.82, 2.24) is 0 Å². The number of hydrogen-bond donors (Lipinski definition) is 0. The molecule has 1 aliphatic carbocycles. The van der Waals surface area contributed by atoms with E-state index in [0.717, 1.165) is 35.5 Å². The van der Waals surface area contributed by atoms with Gasteiger partial charge in [0.25, 0.3) is 0 Å². The van der Waals surface area contributed by atoms with Crippen LogP contribution in [0.5, 0.6) is 0 Å². The van der Waals surface area contributed by atoms with Gasteiger partial charge in [0.2, 0.25) is 0 Å². The average molecular weight is 295 g/mol. The lowest BCUT2D eigenvalue weighted by Gasteiger charge is -2.42. The van der Waals surface area contributed by atoms with Crippen molar-refractivity contribution in [3.8, 4) is 0 Å². The van der Waals surface area contributed by atoms with Crippen LogP contribution in [-0.4, -0.2) is 0 Å². The molecule has 0 aromatic heterocycles. The minimum absolute atomic E-state index is 0.496. The molecule has 0 heterocycles. The highest BCUT2D eigenvalue weighted by Gasteiger charge is 2.57. The van der Waals surface area contributed by atoms with Crippen LogP contribution in [0.1, 0.15) is 88.5 Å². The van der Waals surface area contributed by atoms with Crippen LogP contribution in [0.25, 0.3) is 0 Å². The molecule has 0 aliphatic heterocycles. The first-order valence-corrected chi connectivity index (χ1v) is 9.51. The zero-order valence-electron chi connectivity index (χ0n) is 16.6. The van der Waals surface area contributed by atoms with Crippen molar-refractivity contribution in [2.75, 3.05) is 0 Å². The van der Waals surface area contributed by atoms with E-state index in [1.165, 1.54) is 19.3 Å². The molecule has 6 unspecified atom stereocenters. The van der Waals surface area contributed by atoms with Crippen molar-refractivity contribution in [2.24, 2.45) is 46.3 Å². The van der Waals surface area contributed by atoms with Gasteiger partial charge in [0.1, 0.15) is 0 Å². The summed E-state index contributed by atoms with van der Waals surface area (Å²) < 4.78 is 0. The summed E-state index contributed by atoms with van der Waals surface area (Å²) in [7, 11) is 0. The molecule has 0 spiro atoms. The van der Waals surface area contributed by atoms with Crippen molar-refractivity contribution in [3.63, 3.8) is 0 Å².